The zero-order chi connectivity index (χ0) is 14.4. The number of anilines is 2. The third-order valence-corrected chi connectivity index (χ3v) is 2.94. The second-order valence-electron chi connectivity index (χ2n) is 3.68. The molecular formula is C12H11N3O4S. The Morgan fingerprint density at radius 1 is 1.30 bits per heavy atom. The van der Waals surface area contributed by atoms with Gasteiger partial charge in [0, 0.05) is 17.6 Å². The molecule has 3 N–H and O–H groups in total. The van der Waals surface area contributed by atoms with Crippen molar-refractivity contribution in [1.82, 2.24) is 4.98 Å². The molecule has 0 aliphatic heterocycles. The molecule has 0 bridgehead atoms. The van der Waals surface area contributed by atoms with Crippen molar-refractivity contribution in [2.24, 2.45) is 0 Å². The Labute approximate surface area is 118 Å². The normalized spacial score (nSPS) is 9.80. The molecule has 0 aliphatic carbocycles. The minimum atomic E-state index is -1.17. The molecule has 1 aromatic carbocycles. The predicted octanol–water partition coefficient (Wildman–Crippen LogP) is 2.98. The molecule has 0 spiro atoms. The van der Waals surface area contributed by atoms with Crippen LogP contribution in [0.4, 0.5) is 21.0 Å². The Morgan fingerprint density at radius 2 is 2.05 bits per heavy atom. The van der Waals surface area contributed by atoms with E-state index in [1.54, 1.807) is 29.9 Å². The Morgan fingerprint density at radius 3 is 2.70 bits per heavy atom. The molecule has 1 aromatic heterocycles. The van der Waals surface area contributed by atoms with E-state index in [2.05, 4.69) is 15.6 Å². The average Bonchev–Trinajstić information content (AvgIpc) is 2.89. The van der Waals surface area contributed by atoms with Crippen LogP contribution in [0.3, 0.4) is 0 Å². The summed E-state index contributed by atoms with van der Waals surface area (Å²) in [6.07, 6.45) is -0.171. The number of carboxylic acid groups (broad SMARTS) is 1. The zero-order valence-electron chi connectivity index (χ0n) is 10.2. The lowest BCUT2D eigenvalue weighted by Crippen LogP contribution is -2.13. The molecule has 8 heteroatoms. The molecule has 0 saturated heterocycles. The maximum absolute atomic E-state index is 11.6. The van der Waals surface area contributed by atoms with Crippen molar-refractivity contribution in [2.75, 3.05) is 10.6 Å². The molecule has 0 saturated carbocycles. The monoisotopic (exact) mass is 293 g/mol. The number of rotatable bonds is 4. The summed E-state index contributed by atoms with van der Waals surface area (Å²) in [5, 5.41) is 13.3. The number of amides is 2. The van der Waals surface area contributed by atoms with Crippen molar-refractivity contribution in [2.45, 2.75) is 6.61 Å². The van der Waals surface area contributed by atoms with Gasteiger partial charge in [-0.3, -0.25) is 15.6 Å². The van der Waals surface area contributed by atoms with Crippen molar-refractivity contribution in [3.8, 4) is 0 Å². The highest BCUT2D eigenvalue weighted by atomic mass is 32.1. The SMILES string of the molecule is O=C(O)Nc1cccc(NC(=O)OCc2cncs2)c1. The van der Waals surface area contributed by atoms with E-state index in [9.17, 15) is 9.59 Å². The number of hydrogen-bond acceptors (Lipinski definition) is 5. The van der Waals surface area contributed by atoms with Gasteiger partial charge in [-0.1, -0.05) is 6.07 Å². The molecule has 104 valence electrons. The van der Waals surface area contributed by atoms with Crippen LogP contribution in [0.1, 0.15) is 4.88 Å². The maximum atomic E-state index is 11.6. The summed E-state index contributed by atoms with van der Waals surface area (Å²) in [5.41, 5.74) is 2.45. The van der Waals surface area contributed by atoms with Crippen molar-refractivity contribution < 1.29 is 19.4 Å². The van der Waals surface area contributed by atoms with Gasteiger partial charge in [0.15, 0.2) is 0 Å². The first-order valence-electron chi connectivity index (χ1n) is 5.54. The van der Waals surface area contributed by atoms with Gasteiger partial charge >= 0.3 is 12.2 Å². The summed E-state index contributed by atoms with van der Waals surface area (Å²) in [4.78, 5) is 26.8. The van der Waals surface area contributed by atoms with Crippen molar-refractivity contribution >= 4 is 34.9 Å². The van der Waals surface area contributed by atoms with Gasteiger partial charge in [0.2, 0.25) is 0 Å². The van der Waals surface area contributed by atoms with Crippen molar-refractivity contribution in [3.05, 3.63) is 40.8 Å². The molecule has 20 heavy (non-hydrogen) atoms. The number of nitrogens with zero attached hydrogens (tertiary/aromatic N) is 1. The molecule has 1 heterocycles. The smallest absolute Gasteiger partial charge is 0.411 e. The highest BCUT2D eigenvalue weighted by Crippen LogP contribution is 2.15. The summed E-state index contributed by atoms with van der Waals surface area (Å²) in [5.74, 6) is 0. The number of hydrogen-bond donors (Lipinski definition) is 3. The molecule has 0 aliphatic rings. The van der Waals surface area contributed by atoms with E-state index in [-0.39, 0.29) is 6.61 Å². The highest BCUT2D eigenvalue weighted by Gasteiger charge is 2.06. The van der Waals surface area contributed by atoms with E-state index in [0.29, 0.717) is 11.4 Å². The van der Waals surface area contributed by atoms with Gasteiger partial charge < -0.3 is 9.84 Å². The number of carbonyl (C=O) groups is 2. The third kappa shape index (κ3) is 4.25. The standard InChI is InChI=1S/C12H11N3O4S/c16-11(17)14-8-2-1-3-9(4-8)15-12(18)19-6-10-5-13-7-20-10/h1-5,7,14H,6H2,(H,15,18)(H,16,17). The summed E-state index contributed by atoms with van der Waals surface area (Å²) >= 11 is 1.39. The van der Waals surface area contributed by atoms with Gasteiger partial charge in [-0.05, 0) is 18.2 Å². The van der Waals surface area contributed by atoms with Crippen LogP contribution in [0.2, 0.25) is 0 Å². The summed E-state index contributed by atoms with van der Waals surface area (Å²) in [6, 6.07) is 6.30. The van der Waals surface area contributed by atoms with Gasteiger partial charge in [0.05, 0.1) is 10.4 Å². The second-order valence-corrected chi connectivity index (χ2v) is 4.65. The van der Waals surface area contributed by atoms with Crippen LogP contribution in [0.25, 0.3) is 0 Å². The first kappa shape index (κ1) is 13.8. The summed E-state index contributed by atoms with van der Waals surface area (Å²) in [7, 11) is 0. The molecule has 2 rings (SSSR count). The van der Waals surface area contributed by atoms with E-state index >= 15 is 0 Å². The molecule has 0 fully saturated rings. The van der Waals surface area contributed by atoms with E-state index in [1.807, 2.05) is 0 Å². The molecule has 2 aromatic rings. The van der Waals surface area contributed by atoms with E-state index in [0.717, 1.165) is 4.88 Å². The molecule has 0 radical (unpaired) electrons. The predicted molar refractivity (Wildman–Crippen MR) is 74.0 cm³/mol. The molecule has 0 atom stereocenters. The first-order chi connectivity index (χ1) is 9.63. The van der Waals surface area contributed by atoms with E-state index in [4.69, 9.17) is 9.84 Å². The third-order valence-electron chi connectivity index (χ3n) is 2.19. The van der Waals surface area contributed by atoms with Crippen LogP contribution < -0.4 is 10.6 Å². The Balaban J connectivity index is 1.88. The molecule has 2 amide bonds. The largest absolute Gasteiger partial charge is 0.465 e. The van der Waals surface area contributed by atoms with Crippen LogP contribution in [-0.4, -0.2) is 22.3 Å². The van der Waals surface area contributed by atoms with Gasteiger partial charge in [-0.2, -0.15) is 0 Å². The van der Waals surface area contributed by atoms with Crippen LogP contribution in [-0.2, 0) is 11.3 Å². The van der Waals surface area contributed by atoms with E-state index in [1.165, 1.54) is 17.4 Å². The zero-order valence-corrected chi connectivity index (χ0v) is 11.0. The average molecular weight is 293 g/mol. The van der Waals surface area contributed by atoms with Gasteiger partial charge in [-0.15, -0.1) is 11.3 Å². The van der Waals surface area contributed by atoms with Crippen LogP contribution in [0, 0.1) is 0 Å². The maximum Gasteiger partial charge on any atom is 0.411 e. The Bertz CT molecular complexity index is 601. The fourth-order valence-corrected chi connectivity index (χ4v) is 1.91. The Kier molecular flexibility index (Phi) is 4.51. The quantitative estimate of drug-likeness (QED) is 0.804. The fourth-order valence-electron chi connectivity index (χ4n) is 1.40. The van der Waals surface area contributed by atoms with Crippen molar-refractivity contribution in [1.29, 1.82) is 0 Å². The lowest BCUT2D eigenvalue weighted by atomic mass is 10.3. The van der Waals surface area contributed by atoms with Crippen molar-refractivity contribution in [3.63, 3.8) is 0 Å². The van der Waals surface area contributed by atoms with E-state index < -0.39 is 12.2 Å². The lowest BCUT2D eigenvalue weighted by molar-refractivity contribution is 0.156. The number of benzene rings is 1. The summed E-state index contributed by atoms with van der Waals surface area (Å²) in [6.45, 7) is 0.142. The second kappa shape index (κ2) is 6.53. The van der Waals surface area contributed by atoms with Crippen LogP contribution >= 0.6 is 11.3 Å². The first-order valence-corrected chi connectivity index (χ1v) is 6.42. The fraction of sp³-hybridized carbons (Fsp3) is 0.0833. The number of carbonyl (C=O) groups excluding carboxylic acids is 1. The molecule has 7 nitrogen and oxygen atoms in total. The van der Waals surface area contributed by atoms with Crippen LogP contribution in [0.5, 0.6) is 0 Å². The number of aromatic nitrogens is 1. The number of nitrogens with one attached hydrogen (secondary N) is 2. The van der Waals surface area contributed by atoms with Gasteiger partial charge in [0.25, 0.3) is 0 Å². The molecule has 0 unspecified atom stereocenters. The number of thiazole rings is 1. The highest BCUT2D eigenvalue weighted by molar-refractivity contribution is 7.09. The number of ether oxygens (including phenoxy) is 1. The Hall–Kier alpha value is -2.61. The van der Waals surface area contributed by atoms with Gasteiger partial charge in [-0.25, -0.2) is 9.59 Å². The van der Waals surface area contributed by atoms with Crippen LogP contribution in [0.15, 0.2) is 36.0 Å². The minimum absolute atomic E-state index is 0.142. The minimum Gasteiger partial charge on any atom is -0.465 e. The van der Waals surface area contributed by atoms with Gasteiger partial charge in [0.1, 0.15) is 6.61 Å². The summed E-state index contributed by atoms with van der Waals surface area (Å²) < 4.78 is 4.99. The lowest BCUT2D eigenvalue weighted by Gasteiger charge is -2.07. The topological polar surface area (TPSA) is 101 Å². The molecular weight excluding hydrogens is 282 g/mol.